The Labute approximate surface area is 187 Å². The van der Waals surface area contributed by atoms with E-state index in [0.717, 1.165) is 25.7 Å². The van der Waals surface area contributed by atoms with Gasteiger partial charge in [0.1, 0.15) is 5.75 Å². The molecule has 0 N–H and O–H groups in total. The summed E-state index contributed by atoms with van der Waals surface area (Å²) < 4.78 is 44.1. The third-order valence-electron chi connectivity index (χ3n) is 7.30. The van der Waals surface area contributed by atoms with Gasteiger partial charge in [0.25, 0.3) is 5.92 Å². The topological polar surface area (TPSA) is 48.0 Å². The van der Waals surface area contributed by atoms with Crippen LogP contribution < -0.4 is 4.74 Å². The second-order valence-corrected chi connectivity index (χ2v) is 9.76. The zero-order valence-corrected chi connectivity index (χ0v) is 19.2. The highest BCUT2D eigenvalue weighted by Gasteiger charge is 2.50. The van der Waals surface area contributed by atoms with Gasteiger partial charge < -0.3 is 19.1 Å². The maximum absolute atomic E-state index is 13.3. The minimum Gasteiger partial charge on any atom is -0.465 e. The summed E-state index contributed by atoms with van der Waals surface area (Å²) in [4.78, 5) is 14.4. The van der Waals surface area contributed by atoms with Crippen molar-refractivity contribution in [2.75, 3.05) is 14.2 Å². The molecule has 0 bridgehead atoms. The van der Waals surface area contributed by atoms with Crippen molar-refractivity contribution in [2.45, 2.75) is 82.3 Å². The molecule has 8 heteroatoms. The summed E-state index contributed by atoms with van der Waals surface area (Å²) >= 11 is 6.24. The standard InChI is InChI=1S/C23H30ClF2NO4/c1-13-20-18(21(28)29-4)9-15(24)10-19(20)31-22(2,30-13)14-5-7-16(8-6-14)27(3)17-11-23(25,26)12-17/h9-10,13-14,16-17H,5-8,11-12H2,1-4H3. The molecule has 0 saturated heterocycles. The van der Waals surface area contributed by atoms with Gasteiger partial charge in [0, 0.05) is 48.4 Å². The Balaban J connectivity index is 1.46. The third-order valence-corrected chi connectivity index (χ3v) is 7.52. The lowest BCUT2D eigenvalue weighted by Gasteiger charge is -2.49. The third kappa shape index (κ3) is 4.29. The molecule has 3 aliphatic rings. The normalized spacial score (nSPS) is 32.7. The number of hydrogen-bond donors (Lipinski definition) is 0. The predicted octanol–water partition coefficient (Wildman–Crippen LogP) is 5.60. The van der Waals surface area contributed by atoms with Crippen LogP contribution >= 0.6 is 11.6 Å². The fourth-order valence-electron chi connectivity index (χ4n) is 5.43. The summed E-state index contributed by atoms with van der Waals surface area (Å²) in [6.45, 7) is 3.84. The number of hydrogen-bond acceptors (Lipinski definition) is 5. The number of esters is 1. The Hall–Kier alpha value is -1.44. The highest BCUT2D eigenvalue weighted by atomic mass is 35.5. The molecule has 2 saturated carbocycles. The summed E-state index contributed by atoms with van der Waals surface area (Å²) in [6, 6.07) is 3.56. The average molecular weight is 458 g/mol. The molecule has 0 amide bonds. The number of fused-ring (bicyclic) bond motifs is 1. The molecule has 0 aromatic heterocycles. The Morgan fingerprint density at radius 2 is 1.84 bits per heavy atom. The molecule has 2 aliphatic carbocycles. The molecule has 4 rings (SSSR count). The molecule has 1 heterocycles. The van der Waals surface area contributed by atoms with Crippen molar-refractivity contribution >= 4 is 17.6 Å². The summed E-state index contributed by atoms with van der Waals surface area (Å²) in [5.41, 5.74) is 0.996. The monoisotopic (exact) mass is 457 g/mol. The highest BCUT2D eigenvalue weighted by molar-refractivity contribution is 6.31. The molecule has 2 fully saturated rings. The SMILES string of the molecule is COC(=O)c1cc(Cl)cc2c1C(C)OC(C)(C1CCC(N(C)C3CC(F)(F)C3)CC1)O2. The molecule has 0 spiro atoms. The second kappa shape index (κ2) is 8.16. The fraction of sp³-hybridized carbons (Fsp3) is 0.696. The Bertz CT molecular complexity index is 850. The lowest BCUT2D eigenvalue weighted by atomic mass is 9.78. The van der Waals surface area contributed by atoms with Gasteiger partial charge in [-0.15, -0.1) is 0 Å². The summed E-state index contributed by atoms with van der Waals surface area (Å²) in [6.07, 6.45) is 3.14. The summed E-state index contributed by atoms with van der Waals surface area (Å²) in [7, 11) is 3.30. The first kappa shape index (κ1) is 22.7. The lowest BCUT2D eigenvalue weighted by Crippen LogP contribution is -2.54. The molecule has 2 atom stereocenters. The molecule has 5 nitrogen and oxygen atoms in total. The first-order valence-electron chi connectivity index (χ1n) is 10.9. The van der Waals surface area contributed by atoms with E-state index in [1.54, 1.807) is 12.1 Å². The number of nitrogens with zero attached hydrogens (tertiary/aromatic N) is 1. The van der Waals surface area contributed by atoms with Crippen molar-refractivity contribution in [3.8, 4) is 5.75 Å². The fourth-order valence-corrected chi connectivity index (χ4v) is 5.64. The Morgan fingerprint density at radius 1 is 1.19 bits per heavy atom. The zero-order valence-electron chi connectivity index (χ0n) is 18.4. The molecular weight excluding hydrogens is 428 g/mol. The van der Waals surface area contributed by atoms with Crippen LogP contribution in [0, 0.1) is 5.92 Å². The van der Waals surface area contributed by atoms with E-state index in [2.05, 4.69) is 4.90 Å². The lowest BCUT2D eigenvalue weighted by molar-refractivity contribution is -0.250. The van der Waals surface area contributed by atoms with Crippen LogP contribution in [-0.4, -0.2) is 48.8 Å². The van der Waals surface area contributed by atoms with E-state index >= 15 is 0 Å². The second-order valence-electron chi connectivity index (χ2n) is 9.32. The van der Waals surface area contributed by atoms with Gasteiger partial charge in [-0.2, -0.15) is 0 Å². The molecule has 31 heavy (non-hydrogen) atoms. The van der Waals surface area contributed by atoms with Crippen molar-refractivity contribution in [1.29, 1.82) is 0 Å². The first-order chi connectivity index (χ1) is 14.5. The number of benzene rings is 1. The van der Waals surface area contributed by atoms with Gasteiger partial charge in [0.15, 0.2) is 0 Å². The summed E-state index contributed by atoms with van der Waals surface area (Å²) in [5.74, 6) is -3.13. The smallest absolute Gasteiger partial charge is 0.338 e. The van der Waals surface area contributed by atoms with Crippen LogP contribution in [0.4, 0.5) is 8.78 Å². The molecule has 172 valence electrons. The van der Waals surface area contributed by atoms with Gasteiger partial charge in [-0.1, -0.05) is 11.6 Å². The minimum atomic E-state index is -2.50. The Morgan fingerprint density at radius 3 is 2.42 bits per heavy atom. The van der Waals surface area contributed by atoms with E-state index in [1.165, 1.54) is 7.11 Å². The van der Waals surface area contributed by atoms with E-state index in [4.69, 9.17) is 25.8 Å². The van der Waals surface area contributed by atoms with Crippen molar-refractivity contribution in [3.05, 3.63) is 28.3 Å². The van der Waals surface area contributed by atoms with E-state index in [-0.39, 0.29) is 30.9 Å². The van der Waals surface area contributed by atoms with Crippen LogP contribution in [0.2, 0.25) is 5.02 Å². The quantitative estimate of drug-likeness (QED) is 0.551. The number of ether oxygens (including phenoxy) is 3. The van der Waals surface area contributed by atoms with Gasteiger partial charge >= 0.3 is 5.97 Å². The van der Waals surface area contributed by atoms with Gasteiger partial charge in [0.05, 0.1) is 18.8 Å². The van der Waals surface area contributed by atoms with Gasteiger partial charge in [-0.3, -0.25) is 0 Å². The van der Waals surface area contributed by atoms with Crippen LogP contribution in [0.3, 0.4) is 0 Å². The van der Waals surface area contributed by atoms with Gasteiger partial charge in [-0.25, -0.2) is 13.6 Å². The molecule has 1 aromatic carbocycles. The molecule has 1 aliphatic heterocycles. The first-order valence-corrected chi connectivity index (χ1v) is 11.3. The molecular formula is C23H30ClF2NO4. The number of alkyl halides is 2. The van der Waals surface area contributed by atoms with Crippen LogP contribution in [-0.2, 0) is 9.47 Å². The van der Waals surface area contributed by atoms with Crippen LogP contribution in [0.25, 0.3) is 0 Å². The van der Waals surface area contributed by atoms with Crippen molar-refractivity contribution in [3.63, 3.8) is 0 Å². The number of carbonyl (C=O) groups is 1. The maximum Gasteiger partial charge on any atom is 0.338 e. The van der Waals surface area contributed by atoms with Crippen LogP contribution in [0.15, 0.2) is 12.1 Å². The van der Waals surface area contributed by atoms with Crippen molar-refractivity contribution in [1.82, 2.24) is 4.90 Å². The van der Waals surface area contributed by atoms with Crippen LogP contribution in [0.1, 0.15) is 74.4 Å². The van der Waals surface area contributed by atoms with E-state index in [9.17, 15) is 13.6 Å². The maximum atomic E-state index is 13.3. The number of carbonyl (C=O) groups excluding carboxylic acids is 1. The molecule has 0 radical (unpaired) electrons. The highest BCUT2D eigenvalue weighted by Crippen LogP contribution is 2.48. The Kier molecular flexibility index (Phi) is 5.99. The number of rotatable bonds is 4. The largest absolute Gasteiger partial charge is 0.465 e. The molecule has 1 aromatic rings. The average Bonchev–Trinajstić information content (AvgIpc) is 2.69. The summed E-state index contributed by atoms with van der Waals surface area (Å²) in [5, 5.41) is 0.401. The van der Waals surface area contributed by atoms with E-state index in [0.29, 0.717) is 27.9 Å². The van der Waals surface area contributed by atoms with Crippen molar-refractivity contribution < 1.29 is 27.8 Å². The van der Waals surface area contributed by atoms with Crippen molar-refractivity contribution in [2.24, 2.45) is 5.92 Å². The van der Waals surface area contributed by atoms with E-state index in [1.807, 2.05) is 20.9 Å². The van der Waals surface area contributed by atoms with E-state index < -0.39 is 17.7 Å². The van der Waals surface area contributed by atoms with Gasteiger partial charge in [0.2, 0.25) is 5.79 Å². The molecule has 2 unspecified atom stereocenters. The minimum absolute atomic E-state index is 0.0277. The number of methoxy groups -OCH3 is 1. The van der Waals surface area contributed by atoms with Crippen LogP contribution in [0.5, 0.6) is 5.75 Å². The number of halogens is 3. The van der Waals surface area contributed by atoms with Gasteiger partial charge in [-0.05, 0) is 51.8 Å². The zero-order chi connectivity index (χ0) is 22.6. The predicted molar refractivity (Wildman–Crippen MR) is 113 cm³/mol.